The molecule has 0 heterocycles. The van der Waals surface area contributed by atoms with Crippen LogP contribution in [0.2, 0.25) is 0 Å². The van der Waals surface area contributed by atoms with Gasteiger partial charge in [0.15, 0.2) is 11.7 Å². The number of nitrogens with one attached hydrogen (secondary N) is 3. The zero-order valence-corrected chi connectivity index (χ0v) is 19.2. The predicted octanol–water partition coefficient (Wildman–Crippen LogP) is 4.22. The predicted molar refractivity (Wildman–Crippen MR) is 123 cm³/mol. The average Bonchev–Trinajstić information content (AvgIpc) is 2.72. The van der Waals surface area contributed by atoms with Crippen molar-refractivity contribution >= 4 is 71.8 Å². The molecule has 0 radical (unpaired) electrons. The summed E-state index contributed by atoms with van der Waals surface area (Å²) in [6.07, 6.45) is 0. The first-order valence-corrected chi connectivity index (χ1v) is 10.5. The normalized spacial score (nSPS) is 10.4. The van der Waals surface area contributed by atoms with E-state index in [9.17, 15) is 14.0 Å². The van der Waals surface area contributed by atoms with Gasteiger partial charge in [-0.05, 0) is 81.4 Å². The maximum Gasteiger partial charge on any atom is 0.276 e. The Hall–Kier alpha value is -2.56. The molecule has 3 rings (SSSR count). The Morgan fingerprint density at radius 2 is 1.73 bits per heavy atom. The molecule has 0 unspecified atom stereocenters. The average molecular weight is 555 g/mol. The van der Waals surface area contributed by atoms with Crippen molar-refractivity contribution in [3.8, 4) is 5.75 Å². The van der Waals surface area contributed by atoms with E-state index < -0.39 is 17.6 Å². The first-order valence-electron chi connectivity index (χ1n) is 8.50. The number of hydrogen-bond donors (Lipinski definition) is 3. The molecule has 10 heteroatoms. The fourth-order valence-corrected chi connectivity index (χ4v) is 3.60. The molecule has 0 fully saturated rings. The highest BCUT2D eigenvalue weighted by Crippen LogP contribution is 2.34. The minimum absolute atomic E-state index is 0.116. The standard InChI is InChI=1S/C20H14Br2FN3O3S/c21-13-4-7-15-12(9-13)3-8-16(18(15)22)29-10-17(27)25-26-20(30)24-19(28)11-1-5-14(23)6-2-11/h1-9H,10H2,(H,25,27)(H2,24,26,28,30). The Morgan fingerprint density at radius 1 is 1.00 bits per heavy atom. The SMILES string of the molecule is O=C(COc1ccc2cc(Br)ccc2c1Br)NNC(=S)NC(=O)c1ccc(F)cc1. The highest BCUT2D eigenvalue weighted by atomic mass is 79.9. The van der Waals surface area contributed by atoms with Crippen LogP contribution in [-0.4, -0.2) is 23.5 Å². The van der Waals surface area contributed by atoms with E-state index in [4.69, 9.17) is 17.0 Å². The monoisotopic (exact) mass is 553 g/mol. The van der Waals surface area contributed by atoms with Crippen LogP contribution in [0.15, 0.2) is 63.5 Å². The summed E-state index contributed by atoms with van der Waals surface area (Å²) in [6.45, 7) is -0.276. The van der Waals surface area contributed by atoms with Crippen LogP contribution in [0.25, 0.3) is 10.8 Å². The molecule has 0 spiro atoms. The minimum atomic E-state index is -0.537. The summed E-state index contributed by atoms with van der Waals surface area (Å²) in [7, 11) is 0. The van der Waals surface area contributed by atoms with Crippen LogP contribution in [0, 0.1) is 5.82 Å². The van der Waals surface area contributed by atoms with E-state index in [2.05, 4.69) is 48.0 Å². The van der Waals surface area contributed by atoms with Gasteiger partial charge in [-0.1, -0.05) is 28.1 Å². The summed E-state index contributed by atoms with van der Waals surface area (Å²) in [5.41, 5.74) is 4.97. The molecule has 154 valence electrons. The molecular formula is C20H14Br2FN3O3S. The third-order valence-corrected chi connectivity index (χ3v) is 5.40. The van der Waals surface area contributed by atoms with Gasteiger partial charge in [-0.25, -0.2) is 4.39 Å². The molecule has 6 nitrogen and oxygen atoms in total. The number of benzene rings is 3. The smallest absolute Gasteiger partial charge is 0.276 e. The van der Waals surface area contributed by atoms with E-state index in [0.29, 0.717) is 5.75 Å². The first kappa shape index (κ1) is 22.1. The van der Waals surface area contributed by atoms with Crippen LogP contribution in [0.5, 0.6) is 5.75 Å². The van der Waals surface area contributed by atoms with Crippen LogP contribution in [0.1, 0.15) is 10.4 Å². The second-order valence-electron chi connectivity index (χ2n) is 6.00. The van der Waals surface area contributed by atoms with Gasteiger partial charge >= 0.3 is 0 Å². The van der Waals surface area contributed by atoms with Crippen molar-refractivity contribution in [3.05, 3.63) is 74.9 Å². The van der Waals surface area contributed by atoms with Crippen molar-refractivity contribution in [2.45, 2.75) is 0 Å². The third-order valence-electron chi connectivity index (χ3n) is 3.89. The highest BCUT2D eigenvalue weighted by Gasteiger charge is 2.11. The number of carbonyl (C=O) groups is 2. The Bertz CT molecular complexity index is 1130. The number of carbonyl (C=O) groups excluding carboxylic acids is 2. The molecule has 2 amide bonds. The van der Waals surface area contributed by atoms with Crippen molar-refractivity contribution in [1.29, 1.82) is 0 Å². The number of ether oxygens (including phenoxy) is 1. The molecule has 0 bridgehead atoms. The van der Waals surface area contributed by atoms with Crippen molar-refractivity contribution in [3.63, 3.8) is 0 Å². The lowest BCUT2D eigenvalue weighted by Gasteiger charge is -2.13. The van der Waals surface area contributed by atoms with Crippen molar-refractivity contribution < 1.29 is 18.7 Å². The Morgan fingerprint density at radius 3 is 2.47 bits per heavy atom. The Balaban J connectivity index is 1.49. The zero-order chi connectivity index (χ0) is 21.7. The number of fused-ring (bicyclic) bond motifs is 1. The van der Waals surface area contributed by atoms with Gasteiger partial charge in [0, 0.05) is 10.0 Å². The Kier molecular flexibility index (Phi) is 7.35. The van der Waals surface area contributed by atoms with E-state index >= 15 is 0 Å². The maximum absolute atomic E-state index is 12.9. The van der Waals surface area contributed by atoms with E-state index in [-0.39, 0.29) is 17.3 Å². The molecule has 30 heavy (non-hydrogen) atoms. The molecule has 0 aliphatic heterocycles. The fraction of sp³-hybridized carbons (Fsp3) is 0.0500. The van der Waals surface area contributed by atoms with Crippen molar-refractivity contribution in [1.82, 2.24) is 16.2 Å². The number of rotatable bonds is 4. The quantitative estimate of drug-likeness (QED) is 0.332. The first-order chi connectivity index (χ1) is 14.3. The molecule has 0 saturated heterocycles. The van der Waals surface area contributed by atoms with Gasteiger partial charge in [-0.3, -0.25) is 25.8 Å². The summed E-state index contributed by atoms with van der Waals surface area (Å²) >= 11 is 11.9. The molecule has 0 aliphatic carbocycles. The minimum Gasteiger partial charge on any atom is -0.483 e. The van der Waals surface area contributed by atoms with Gasteiger partial charge < -0.3 is 4.74 Å². The van der Waals surface area contributed by atoms with Gasteiger partial charge in [0.1, 0.15) is 11.6 Å². The summed E-state index contributed by atoms with van der Waals surface area (Å²) in [5.74, 6) is -0.987. The number of hydrazine groups is 1. The lowest BCUT2D eigenvalue weighted by atomic mass is 10.1. The van der Waals surface area contributed by atoms with E-state index in [1.54, 1.807) is 6.07 Å². The number of halogens is 3. The lowest BCUT2D eigenvalue weighted by molar-refractivity contribution is -0.123. The van der Waals surface area contributed by atoms with Gasteiger partial charge in [0.05, 0.1) is 4.47 Å². The van der Waals surface area contributed by atoms with Crippen LogP contribution < -0.4 is 20.9 Å². The summed E-state index contributed by atoms with van der Waals surface area (Å²) in [6, 6.07) is 14.4. The Labute approximate surface area is 193 Å². The molecule has 3 aromatic rings. The summed E-state index contributed by atoms with van der Waals surface area (Å²) in [5, 5.41) is 4.21. The molecule has 0 aliphatic rings. The van der Waals surface area contributed by atoms with Crippen LogP contribution in [0.4, 0.5) is 4.39 Å². The molecular weight excluding hydrogens is 541 g/mol. The molecule has 0 atom stereocenters. The van der Waals surface area contributed by atoms with E-state index in [1.165, 1.54) is 12.1 Å². The topological polar surface area (TPSA) is 79.5 Å². The maximum atomic E-state index is 12.9. The van der Waals surface area contributed by atoms with E-state index in [1.807, 2.05) is 24.3 Å². The van der Waals surface area contributed by atoms with Gasteiger partial charge in [0.25, 0.3) is 11.8 Å². The molecule has 0 aromatic heterocycles. The zero-order valence-electron chi connectivity index (χ0n) is 15.2. The molecule has 3 N–H and O–H groups in total. The van der Waals surface area contributed by atoms with Crippen molar-refractivity contribution in [2.75, 3.05) is 6.61 Å². The number of thiocarbonyl (C=S) groups is 1. The van der Waals surface area contributed by atoms with E-state index in [0.717, 1.165) is 31.9 Å². The van der Waals surface area contributed by atoms with Gasteiger partial charge in [-0.15, -0.1) is 0 Å². The second kappa shape index (κ2) is 9.96. The number of hydrogen-bond acceptors (Lipinski definition) is 4. The van der Waals surface area contributed by atoms with Crippen LogP contribution in [-0.2, 0) is 4.79 Å². The molecule has 3 aromatic carbocycles. The van der Waals surface area contributed by atoms with Crippen LogP contribution in [0.3, 0.4) is 0 Å². The van der Waals surface area contributed by atoms with Crippen LogP contribution >= 0.6 is 44.1 Å². The lowest BCUT2D eigenvalue weighted by Crippen LogP contribution is -2.49. The summed E-state index contributed by atoms with van der Waals surface area (Å²) < 4.78 is 20.1. The van der Waals surface area contributed by atoms with Crippen molar-refractivity contribution in [2.24, 2.45) is 0 Å². The fourth-order valence-electron chi connectivity index (χ4n) is 2.47. The number of amides is 2. The molecule has 0 saturated carbocycles. The summed E-state index contributed by atoms with van der Waals surface area (Å²) in [4.78, 5) is 24.0. The van der Waals surface area contributed by atoms with Gasteiger partial charge in [-0.2, -0.15) is 0 Å². The largest absolute Gasteiger partial charge is 0.483 e. The second-order valence-corrected chi connectivity index (χ2v) is 8.11. The highest BCUT2D eigenvalue weighted by molar-refractivity contribution is 9.11. The van der Waals surface area contributed by atoms with Gasteiger partial charge in [0.2, 0.25) is 0 Å². The third kappa shape index (κ3) is 5.74.